The summed E-state index contributed by atoms with van der Waals surface area (Å²) in [4.78, 5) is 13.8. The second-order valence-electron chi connectivity index (χ2n) is 4.31. The van der Waals surface area contributed by atoms with Gasteiger partial charge in [0.2, 0.25) is 5.91 Å². The van der Waals surface area contributed by atoms with Crippen LogP contribution in [-0.2, 0) is 4.79 Å². The van der Waals surface area contributed by atoms with E-state index in [1.807, 2.05) is 11.9 Å². The van der Waals surface area contributed by atoms with Crippen LogP contribution in [0.2, 0.25) is 0 Å². The lowest BCUT2D eigenvalue weighted by molar-refractivity contribution is -0.135. The van der Waals surface area contributed by atoms with Crippen LogP contribution in [0.5, 0.6) is 0 Å². The molecule has 0 aromatic carbocycles. The molecule has 1 amide bonds. The van der Waals surface area contributed by atoms with Gasteiger partial charge in [0.25, 0.3) is 0 Å². The van der Waals surface area contributed by atoms with Gasteiger partial charge in [-0.3, -0.25) is 4.79 Å². The maximum atomic E-state index is 11.9. The van der Waals surface area contributed by atoms with Crippen LogP contribution in [0, 0.1) is 5.92 Å². The molecule has 0 aliphatic heterocycles. The Balaban J connectivity index is 2.49. The van der Waals surface area contributed by atoms with Crippen LogP contribution in [0.1, 0.15) is 39.0 Å². The van der Waals surface area contributed by atoms with Gasteiger partial charge in [-0.15, -0.1) is 0 Å². The Morgan fingerprint density at radius 2 is 2.07 bits per heavy atom. The molecule has 2 unspecified atom stereocenters. The van der Waals surface area contributed by atoms with Crippen molar-refractivity contribution < 1.29 is 4.79 Å². The summed E-state index contributed by atoms with van der Waals surface area (Å²) in [7, 11) is 1.88. The molecule has 1 aliphatic rings. The van der Waals surface area contributed by atoms with Crippen LogP contribution in [-0.4, -0.2) is 30.4 Å². The number of rotatable bonds is 3. The first-order chi connectivity index (χ1) is 6.66. The molecule has 0 spiro atoms. The van der Waals surface area contributed by atoms with Gasteiger partial charge in [0.1, 0.15) is 0 Å². The Hall–Kier alpha value is -0.570. The average molecular weight is 198 g/mol. The van der Waals surface area contributed by atoms with E-state index in [9.17, 15) is 4.79 Å². The Kier molecular flexibility index (Phi) is 4.39. The quantitative estimate of drug-likeness (QED) is 0.744. The molecule has 2 N–H and O–H groups in total. The van der Waals surface area contributed by atoms with Crippen molar-refractivity contribution in [2.24, 2.45) is 11.7 Å². The molecule has 2 atom stereocenters. The van der Waals surface area contributed by atoms with E-state index in [0.29, 0.717) is 0 Å². The normalized spacial score (nSPS) is 27.4. The summed E-state index contributed by atoms with van der Waals surface area (Å²) in [5.41, 5.74) is 5.97. The minimum atomic E-state index is 0.0836. The predicted octanol–water partition coefficient (Wildman–Crippen LogP) is 1.37. The molecule has 3 heteroatoms. The van der Waals surface area contributed by atoms with Gasteiger partial charge in [-0.05, 0) is 19.3 Å². The fourth-order valence-electron chi connectivity index (χ4n) is 2.19. The Morgan fingerprint density at radius 3 is 2.64 bits per heavy atom. The van der Waals surface area contributed by atoms with Gasteiger partial charge in [-0.25, -0.2) is 0 Å². The third-order valence-electron chi connectivity index (χ3n) is 3.07. The third-order valence-corrected chi connectivity index (χ3v) is 3.07. The highest BCUT2D eigenvalue weighted by atomic mass is 16.2. The number of amides is 1. The monoisotopic (exact) mass is 198 g/mol. The van der Waals surface area contributed by atoms with Crippen molar-refractivity contribution in [3.8, 4) is 0 Å². The summed E-state index contributed by atoms with van der Waals surface area (Å²) < 4.78 is 0. The zero-order chi connectivity index (χ0) is 10.6. The topological polar surface area (TPSA) is 46.3 Å². The average Bonchev–Trinajstić information content (AvgIpc) is 2.18. The number of hydrogen-bond donors (Lipinski definition) is 1. The number of carbonyl (C=O) groups excluding carboxylic acids is 1. The first-order valence-electron chi connectivity index (χ1n) is 5.67. The summed E-state index contributed by atoms with van der Waals surface area (Å²) in [6.45, 7) is 2.94. The first-order valence-corrected chi connectivity index (χ1v) is 5.67. The van der Waals surface area contributed by atoms with Gasteiger partial charge in [-0.1, -0.05) is 19.8 Å². The van der Waals surface area contributed by atoms with Gasteiger partial charge < -0.3 is 10.6 Å². The Bertz CT molecular complexity index is 194. The molecule has 1 saturated carbocycles. The zero-order valence-electron chi connectivity index (χ0n) is 9.33. The lowest BCUT2D eigenvalue weighted by Gasteiger charge is -2.30. The highest BCUT2D eigenvalue weighted by Crippen LogP contribution is 2.24. The first kappa shape index (κ1) is 11.5. The fourth-order valence-corrected chi connectivity index (χ4v) is 2.19. The number of carbonyl (C=O) groups is 1. The second-order valence-corrected chi connectivity index (χ2v) is 4.31. The maximum Gasteiger partial charge on any atom is 0.226 e. The largest absolute Gasteiger partial charge is 0.345 e. The molecule has 0 aromatic heterocycles. The molecule has 0 saturated heterocycles. The van der Waals surface area contributed by atoms with Crippen molar-refractivity contribution in [2.45, 2.75) is 45.1 Å². The van der Waals surface area contributed by atoms with Crippen molar-refractivity contribution in [3.05, 3.63) is 0 Å². The van der Waals surface area contributed by atoms with Gasteiger partial charge in [0, 0.05) is 19.6 Å². The molecular formula is C11H22N2O. The molecule has 3 nitrogen and oxygen atoms in total. The molecule has 14 heavy (non-hydrogen) atoms. The second kappa shape index (κ2) is 5.35. The van der Waals surface area contributed by atoms with E-state index < -0.39 is 0 Å². The van der Waals surface area contributed by atoms with Crippen molar-refractivity contribution >= 4 is 5.91 Å². The van der Waals surface area contributed by atoms with E-state index in [0.717, 1.165) is 32.2 Å². The van der Waals surface area contributed by atoms with Crippen LogP contribution in [0.4, 0.5) is 0 Å². The summed E-state index contributed by atoms with van der Waals surface area (Å²) >= 11 is 0. The SMILES string of the molecule is CCCN(C)C(=O)C1CCCCC1N. The zero-order valence-corrected chi connectivity index (χ0v) is 9.33. The molecule has 0 aromatic rings. The Labute approximate surface area is 86.6 Å². The minimum Gasteiger partial charge on any atom is -0.345 e. The summed E-state index contributed by atoms with van der Waals surface area (Å²) in [5.74, 6) is 0.333. The van der Waals surface area contributed by atoms with Crippen molar-refractivity contribution in [3.63, 3.8) is 0 Å². The highest BCUT2D eigenvalue weighted by molar-refractivity contribution is 5.79. The lowest BCUT2D eigenvalue weighted by Crippen LogP contribution is -2.44. The van der Waals surface area contributed by atoms with Crippen LogP contribution < -0.4 is 5.73 Å². The molecule has 0 heterocycles. The molecule has 1 fully saturated rings. The van der Waals surface area contributed by atoms with Crippen LogP contribution >= 0.6 is 0 Å². The molecule has 1 rings (SSSR count). The number of nitrogens with two attached hydrogens (primary N) is 1. The predicted molar refractivity (Wildman–Crippen MR) is 57.9 cm³/mol. The molecule has 82 valence electrons. The number of nitrogens with zero attached hydrogens (tertiary/aromatic N) is 1. The molecular weight excluding hydrogens is 176 g/mol. The fraction of sp³-hybridized carbons (Fsp3) is 0.909. The molecule has 1 aliphatic carbocycles. The van der Waals surface area contributed by atoms with E-state index >= 15 is 0 Å². The van der Waals surface area contributed by atoms with E-state index in [1.165, 1.54) is 6.42 Å². The van der Waals surface area contributed by atoms with Crippen molar-refractivity contribution in [1.29, 1.82) is 0 Å². The molecule has 0 radical (unpaired) electrons. The van der Waals surface area contributed by atoms with Gasteiger partial charge in [0.15, 0.2) is 0 Å². The van der Waals surface area contributed by atoms with Crippen LogP contribution in [0.15, 0.2) is 0 Å². The third kappa shape index (κ3) is 2.71. The van der Waals surface area contributed by atoms with E-state index in [2.05, 4.69) is 6.92 Å². The van der Waals surface area contributed by atoms with Crippen LogP contribution in [0.25, 0.3) is 0 Å². The summed E-state index contributed by atoms with van der Waals surface area (Å²) in [5, 5.41) is 0. The van der Waals surface area contributed by atoms with E-state index in [1.54, 1.807) is 0 Å². The number of hydrogen-bond acceptors (Lipinski definition) is 2. The van der Waals surface area contributed by atoms with Crippen LogP contribution in [0.3, 0.4) is 0 Å². The minimum absolute atomic E-state index is 0.0836. The standard InChI is InChI=1S/C11H22N2O/c1-3-8-13(2)11(14)9-6-4-5-7-10(9)12/h9-10H,3-8,12H2,1-2H3. The van der Waals surface area contributed by atoms with E-state index in [4.69, 9.17) is 5.73 Å². The summed E-state index contributed by atoms with van der Waals surface area (Å²) in [6, 6.07) is 0.0931. The summed E-state index contributed by atoms with van der Waals surface area (Å²) in [6.07, 6.45) is 5.35. The molecule has 0 bridgehead atoms. The van der Waals surface area contributed by atoms with Gasteiger partial charge >= 0.3 is 0 Å². The van der Waals surface area contributed by atoms with Gasteiger partial charge in [0.05, 0.1) is 5.92 Å². The smallest absolute Gasteiger partial charge is 0.226 e. The maximum absolute atomic E-state index is 11.9. The van der Waals surface area contributed by atoms with Gasteiger partial charge in [-0.2, -0.15) is 0 Å². The van der Waals surface area contributed by atoms with E-state index in [-0.39, 0.29) is 17.9 Å². The van der Waals surface area contributed by atoms with Crippen molar-refractivity contribution in [2.75, 3.05) is 13.6 Å². The Morgan fingerprint density at radius 1 is 1.43 bits per heavy atom. The van der Waals surface area contributed by atoms with Crippen molar-refractivity contribution in [1.82, 2.24) is 4.90 Å². The lowest BCUT2D eigenvalue weighted by atomic mass is 9.84. The highest BCUT2D eigenvalue weighted by Gasteiger charge is 2.29.